The van der Waals surface area contributed by atoms with Crippen LogP contribution in [0.5, 0.6) is 11.5 Å². The number of carbonyl (C=O) groups is 2. The van der Waals surface area contributed by atoms with Gasteiger partial charge < -0.3 is 19.9 Å². The molecule has 32 heavy (non-hydrogen) atoms. The average Bonchev–Trinajstić information content (AvgIpc) is 3.14. The molecule has 0 radical (unpaired) electrons. The largest absolute Gasteiger partial charge is 0.457 e. The number of rotatable bonds is 6. The summed E-state index contributed by atoms with van der Waals surface area (Å²) < 4.78 is 7.54. The zero-order valence-corrected chi connectivity index (χ0v) is 19.0. The number of aryl methyl sites for hydroxylation is 1. The third-order valence-corrected chi connectivity index (χ3v) is 6.56. The van der Waals surface area contributed by atoms with E-state index in [1.54, 1.807) is 53.1 Å². The second-order valence-electron chi connectivity index (χ2n) is 7.50. The molecule has 7 nitrogen and oxygen atoms in total. The first-order chi connectivity index (χ1) is 15.5. The number of imidazole rings is 1. The maximum Gasteiger partial charge on any atom is 0.271 e. The van der Waals surface area contributed by atoms with E-state index in [4.69, 9.17) is 16.3 Å². The van der Waals surface area contributed by atoms with Gasteiger partial charge in [-0.25, -0.2) is 4.98 Å². The zero-order valence-electron chi connectivity index (χ0n) is 17.5. The fourth-order valence-corrected chi connectivity index (χ4v) is 4.69. The van der Waals surface area contributed by atoms with Gasteiger partial charge in [-0.1, -0.05) is 23.7 Å². The zero-order chi connectivity index (χ0) is 22.5. The molecular formula is C23H23ClN4O3S. The van der Waals surface area contributed by atoms with Gasteiger partial charge in [-0.15, -0.1) is 11.8 Å². The van der Waals surface area contributed by atoms with Crippen molar-refractivity contribution >= 4 is 35.2 Å². The Bertz CT molecular complexity index is 1090. The highest BCUT2D eigenvalue weighted by atomic mass is 35.5. The van der Waals surface area contributed by atoms with Crippen LogP contribution in [-0.4, -0.2) is 39.7 Å². The Morgan fingerprint density at radius 2 is 1.91 bits per heavy atom. The molecule has 0 spiro atoms. The molecule has 2 N–H and O–H groups in total. The fraction of sp³-hybridized carbons (Fsp3) is 0.261. The maximum atomic E-state index is 12.8. The molecule has 1 aliphatic heterocycles. The molecule has 1 aromatic heterocycles. The van der Waals surface area contributed by atoms with Crippen LogP contribution < -0.4 is 15.4 Å². The van der Waals surface area contributed by atoms with E-state index in [1.165, 1.54) is 0 Å². The van der Waals surface area contributed by atoms with Crippen LogP contribution in [0.3, 0.4) is 0 Å². The topological polar surface area (TPSA) is 85.2 Å². The van der Waals surface area contributed by atoms with Gasteiger partial charge in [0.15, 0.2) is 0 Å². The number of aromatic nitrogens is 2. The van der Waals surface area contributed by atoms with Crippen molar-refractivity contribution in [3.8, 4) is 11.5 Å². The van der Waals surface area contributed by atoms with Crippen molar-refractivity contribution < 1.29 is 14.3 Å². The van der Waals surface area contributed by atoms with E-state index in [1.807, 2.05) is 31.3 Å². The molecule has 0 saturated carbocycles. The molecule has 2 atom stereocenters. The van der Waals surface area contributed by atoms with E-state index in [0.29, 0.717) is 28.8 Å². The maximum absolute atomic E-state index is 12.8. The number of ether oxygens (including phenoxy) is 1. The molecule has 2 amide bonds. The van der Waals surface area contributed by atoms with E-state index in [2.05, 4.69) is 15.6 Å². The molecule has 1 aliphatic rings. The van der Waals surface area contributed by atoms with Crippen LogP contribution >= 0.6 is 23.4 Å². The number of amides is 2. The molecule has 3 aromatic rings. The molecule has 0 unspecified atom stereocenters. The van der Waals surface area contributed by atoms with Crippen LogP contribution in [0.4, 0.5) is 0 Å². The van der Waals surface area contributed by atoms with Crippen LogP contribution in [0.25, 0.3) is 0 Å². The summed E-state index contributed by atoms with van der Waals surface area (Å²) in [5, 5.41) is 6.25. The smallest absolute Gasteiger partial charge is 0.271 e. The normalized spacial score (nSPS) is 18.5. The Labute approximate surface area is 195 Å². The van der Waals surface area contributed by atoms with Crippen molar-refractivity contribution in [3.63, 3.8) is 0 Å². The molecule has 2 heterocycles. The molecule has 0 bridgehead atoms. The van der Waals surface area contributed by atoms with Crippen molar-refractivity contribution in [2.45, 2.75) is 17.7 Å². The number of hydrogen-bond donors (Lipinski definition) is 2. The molecule has 1 fully saturated rings. The molecule has 9 heteroatoms. The van der Waals surface area contributed by atoms with Gasteiger partial charge in [0.05, 0.1) is 6.33 Å². The van der Waals surface area contributed by atoms with Gasteiger partial charge in [-0.2, -0.15) is 0 Å². The van der Waals surface area contributed by atoms with E-state index in [9.17, 15) is 9.59 Å². The fourth-order valence-electron chi connectivity index (χ4n) is 3.34. The number of nitrogens with one attached hydrogen (secondary N) is 2. The summed E-state index contributed by atoms with van der Waals surface area (Å²) in [5.41, 5.74) is 1.27. The highest BCUT2D eigenvalue weighted by Gasteiger charge is 2.27. The summed E-state index contributed by atoms with van der Waals surface area (Å²) in [6.45, 7) is 0.363. The number of benzene rings is 2. The van der Waals surface area contributed by atoms with Crippen LogP contribution in [0, 0.1) is 0 Å². The summed E-state index contributed by atoms with van der Waals surface area (Å²) in [6.07, 6.45) is 4.01. The molecule has 0 aliphatic carbocycles. The second-order valence-corrected chi connectivity index (χ2v) is 9.15. The van der Waals surface area contributed by atoms with Gasteiger partial charge >= 0.3 is 0 Å². The first kappa shape index (κ1) is 22.2. The summed E-state index contributed by atoms with van der Waals surface area (Å²) in [5.74, 6) is 1.88. The SMILES string of the molecule is Cn1cnc(C(=O)NC[C@@H]2CCS[C@H](c3ccc(Oc4ccc(Cl)cc4)cc3)C(=O)N2)c1. The first-order valence-electron chi connectivity index (χ1n) is 10.2. The van der Waals surface area contributed by atoms with E-state index in [0.717, 1.165) is 17.7 Å². The number of hydrogen-bond acceptors (Lipinski definition) is 5. The lowest BCUT2D eigenvalue weighted by Gasteiger charge is -2.18. The van der Waals surface area contributed by atoms with Gasteiger partial charge in [-0.3, -0.25) is 9.59 Å². The quantitative estimate of drug-likeness (QED) is 0.569. The predicted molar refractivity (Wildman–Crippen MR) is 125 cm³/mol. The lowest BCUT2D eigenvalue weighted by molar-refractivity contribution is -0.121. The van der Waals surface area contributed by atoms with E-state index in [-0.39, 0.29) is 23.1 Å². The Morgan fingerprint density at radius 1 is 1.22 bits per heavy atom. The molecule has 1 saturated heterocycles. The van der Waals surface area contributed by atoms with Gasteiger partial charge in [0, 0.05) is 30.9 Å². The van der Waals surface area contributed by atoms with Crippen molar-refractivity contribution in [1.82, 2.24) is 20.2 Å². The minimum absolute atomic E-state index is 0.0593. The highest BCUT2D eigenvalue weighted by molar-refractivity contribution is 8.00. The highest BCUT2D eigenvalue weighted by Crippen LogP contribution is 2.33. The minimum Gasteiger partial charge on any atom is -0.457 e. The van der Waals surface area contributed by atoms with Gasteiger partial charge in [0.2, 0.25) is 5.91 Å². The van der Waals surface area contributed by atoms with Crippen LogP contribution in [0.15, 0.2) is 61.1 Å². The summed E-state index contributed by atoms with van der Waals surface area (Å²) >= 11 is 7.50. The van der Waals surface area contributed by atoms with Crippen LogP contribution in [0.1, 0.15) is 27.7 Å². The number of thioether (sulfide) groups is 1. The Balaban J connectivity index is 1.33. The molecular weight excluding hydrogens is 448 g/mol. The predicted octanol–water partition coefficient (Wildman–Crippen LogP) is 3.96. The third-order valence-electron chi connectivity index (χ3n) is 5.01. The number of carbonyl (C=O) groups excluding carboxylic acids is 2. The monoisotopic (exact) mass is 470 g/mol. The molecule has 4 rings (SSSR count). The second kappa shape index (κ2) is 10.1. The summed E-state index contributed by atoms with van der Waals surface area (Å²) in [7, 11) is 1.81. The first-order valence-corrected chi connectivity index (χ1v) is 11.6. The van der Waals surface area contributed by atoms with Crippen molar-refractivity contribution in [1.29, 1.82) is 0 Å². The number of nitrogens with zero attached hydrogens (tertiary/aromatic N) is 2. The molecule has 166 valence electrons. The Morgan fingerprint density at radius 3 is 2.56 bits per heavy atom. The Hall–Kier alpha value is -2.97. The Kier molecular flexibility index (Phi) is 7.02. The van der Waals surface area contributed by atoms with Crippen molar-refractivity contribution in [2.75, 3.05) is 12.3 Å². The van der Waals surface area contributed by atoms with Crippen LogP contribution in [-0.2, 0) is 11.8 Å². The van der Waals surface area contributed by atoms with Crippen molar-refractivity contribution in [2.24, 2.45) is 7.05 Å². The minimum atomic E-state index is -0.309. The lowest BCUT2D eigenvalue weighted by Crippen LogP contribution is -2.43. The van der Waals surface area contributed by atoms with Gasteiger partial charge in [0.1, 0.15) is 22.4 Å². The van der Waals surface area contributed by atoms with E-state index < -0.39 is 0 Å². The summed E-state index contributed by atoms with van der Waals surface area (Å²) in [6, 6.07) is 14.5. The lowest BCUT2D eigenvalue weighted by atomic mass is 10.1. The van der Waals surface area contributed by atoms with Crippen molar-refractivity contribution in [3.05, 3.63) is 77.3 Å². The van der Waals surface area contributed by atoms with Gasteiger partial charge in [0.25, 0.3) is 5.91 Å². The average molecular weight is 471 g/mol. The number of halogens is 1. The summed E-state index contributed by atoms with van der Waals surface area (Å²) in [4.78, 5) is 29.1. The van der Waals surface area contributed by atoms with Crippen LogP contribution in [0.2, 0.25) is 5.02 Å². The molecule has 2 aromatic carbocycles. The third kappa shape index (κ3) is 5.63. The standard InChI is InChI=1S/C23H23ClN4O3S/c1-28-13-20(26-14-28)22(29)25-12-17-10-11-32-21(23(30)27-17)15-2-6-18(7-3-15)31-19-8-4-16(24)5-9-19/h2-9,13-14,17,21H,10-12H2,1H3,(H,25,29)(H,27,30)/t17-,21+/m0/s1. The van der Waals surface area contributed by atoms with Gasteiger partial charge in [-0.05, 0) is 54.1 Å². The van der Waals surface area contributed by atoms with E-state index >= 15 is 0 Å².